The van der Waals surface area contributed by atoms with Crippen LogP contribution in [0.3, 0.4) is 0 Å². The van der Waals surface area contributed by atoms with E-state index < -0.39 is 0 Å². The number of hydrogen-bond acceptors (Lipinski definition) is 6. The van der Waals surface area contributed by atoms with Crippen LogP contribution in [0.2, 0.25) is 0 Å². The third-order valence-corrected chi connectivity index (χ3v) is 5.77. The van der Waals surface area contributed by atoms with Gasteiger partial charge in [0.2, 0.25) is 11.9 Å². The van der Waals surface area contributed by atoms with Crippen LogP contribution < -0.4 is 9.80 Å². The zero-order valence-electron chi connectivity index (χ0n) is 14.9. The zero-order chi connectivity index (χ0) is 17.9. The molecule has 0 saturated carbocycles. The van der Waals surface area contributed by atoms with Gasteiger partial charge >= 0.3 is 0 Å². The minimum atomic E-state index is 0.124. The number of thioether (sulfide) groups is 1. The second-order valence-electron chi connectivity index (χ2n) is 6.34. The number of aromatic nitrogens is 3. The minimum absolute atomic E-state index is 0.124. The molecule has 7 nitrogen and oxygen atoms in total. The summed E-state index contributed by atoms with van der Waals surface area (Å²) < 4.78 is 7.50. The smallest absolute Gasteiger partial charge is 0.237 e. The molecule has 1 aromatic heterocycles. The molecular weight excluding hydrogens is 350 g/mol. The second-order valence-corrected chi connectivity index (χ2v) is 7.28. The molecule has 1 aromatic carbocycles. The third kappa shape index (κ3) is 3.31. The van der Waals surface area contributed by atoms with E-state index in [2.05, 4.69) is 32.7 Å². The largest absolute Gasteiger partial charge is 0.378 e. The number of anilines is 2. The fraction of sp³-hybridized carbons (Fsp3) is 0.500. The van der Waals surface area contributed by atoms with Gasteiger partial charge in [0.25, 0.3) is 0 Å². The van der Waals surface area contributed by atoms with Gasteiger partial charge in [0.15, 0.2) is 5.16 Å². The van der Waals surface area contributed by atoms with Gasteiger partial charge in [0, 0.05) is 31.9 Å². The molecule has 3 heterocycles. The van der Waals surface area contributed by atoms with Gasteiger partial charge in [-0.15, -0.1) is 10.2 Å². The minimum Gasteiger partial charge on any atom is -0.378 e. The van der Waals surface area contributed by atoms with Gasteiger partial charge in [0.05, 0.1) is 19.0 Å². The Kier molecular flexibility index (Phi) is 5.12. The van der Waals surface area contributed by atoms with Crippen LogP contribution in [0.25, 0.3) is 0 Å². The fourth-order valence-electron chi connectivity index (χ4n) is 3.46. The number of morpholine rings is 1. The molecule has 0 spiro atoms. The number of nitrogens with zero attached hydrogens (tertiary/aromatic N) is 5. The van der Waals surface area contributed by atoms with E-state index in [4.69, 9.17) is 4.74 Å². The van der Waals surface area contributed by atoms with E-state index in [0.717, 1.165) is 49.4 Å². The van der Waals surface area contributed by atoms with Gasteiger partial charge < -0.3 is 14.5 Å². The van der Waals surface area contributed by atoms with E-state index >= 15 is 0 Å². The molecule has 8 heteroatoms. The molecule has 0 unspecified atom stereocenters. The van der Waals surface area contributed by atoms with Crippen LogP contribution in [0.5, 0.6) is 0 Å². The second kappa shape index (κ2) is 7.67. The van der Waals surface area contributed by atoms with Crippen LogP contribution in [0.4, 0.5) is 11.6 Å². The van der Waals surface area contributed by atoms with E-state index in [-0.39, 0.29) is 5.91 Å². The monoisotopic (exact) mass is 373 g/mol. The first-order valence-electron chi connectivity index (χ1n) is 9.05. The third-order valence-electron chi connectivity index (χ3n) is 4.82. The first kappa shape index (κ1) is 17.4. The lowest BCUT2D eigenvalue weighted by atomic mass is 10.2. The van der Waals surface area contributed by atoms with Crippen molar-refractivity contribution < 1.29 is 9.53 Å². The Morgan fingerprint density at radius 2 is 2.00 bits per heavy atom. The molecule has 0 atom stereocenters. The highest BCUT2D eigenvalue weighted by Gasteiger charge is 2.25. The van der Waals surface area contributed by atoms with Crippen molar-refractivity contribution in [1.82, 2.24) is 14.8 Å². The lowest BCUT2D eigenvalue weighted by molar-refractivity contribution is -0.116. The van der Waals surface area contributed by atoms with Crippen LogP contribution in [0, 0.1) is 0 Å². The average molecular weight is 373 g/mol. The first-order valence-corrected chi connectivity index (χ1v) is 10.0. The molecule has 2 aliphatic heterocycles. The number of ether oxygens (including phenoxy) is 1. The molecule has 0 radical (unpaired) electrons. The maximum Gasteiger partial charge on any atom is 0.237 e. The molecule has 138 valence electrons. The van der Waals surface area contributed by atoms with Crippen LogP contribution in [0.1, 0.15) is 12.5 Å². The Labute approximate surface area is 157 Å². The number of benzene rings is 1. The van der Waals surface area contributed by atoms with Crippen LogP contribution in [-0.4, -0.2) is 59.3 Å². The van der Waals surface area contributed by atoms with Crippen LogP contribution >= 0.6 is 11.8 Å². The average Bonchev–Trinajstić information content (AvgIpc) is 3.30. The molecule has 1 amide bonds. The zero-order valence-corrected chi connectivity index (χ0v) is 15.7. The number of para-hydroxylation sites is 1. The number of rotatable bonds is 5. The van der Waals surface area contributed by atoms with Gasteiger partial charge in [-0.05, 0) is 25.0 Å². The molecule has 1 fully saturated rings. The van der Waals surface area contributed by atoms with E-state index in [1.165, 1.54) is 17.3 Å². The molecule has 4 rings (SSSR count). The van der Waals surface area contributed by atoms with Gasteiger partial charge in [0.1, 0.15) is 0 Å². The Bertz CT molecular complexity index is 788. The van der Waals surface area contributed by atoms with Crippen molar-refractivity contribution in [2.45, 2.75) is 25.0 Å². The summed E-state index contributed by atoms with van der Waals surface area (Å²) in [4.78, 5) is 16.8. The van der Waals surface area contributed by atoms with Gasteiger partial charge in [-0.2, -0.15) is 0 Å². The Balaban J connectivity index is 1.43. The molecule has 0 N–H and O–H groups in total. The van der Waals surface area contributed by atoms with E-state index in [1.54, 1.807) is 0 Å². The van der Waals surface area contributed by atoms with Crippen molar-refractivity contribution in [3.63, 3.8) is 0 Å². The summed E-state index contributed by atoms with van der Waals surface area (Å²) in [6.45, 7) is 6.70. The number of carbonyl (C=O) groups excluding carboxylic acids is 1. The SMILES string of the molecule is CCn1c(SCC(=O)N2CCc3ccccc32)nnc1N1CCOCC1. The van der Waals surface area contributed by atoms with Crippen molar-refractivity contribution in [2.24, 2.45) is 0 Å². The molecule has 26 heavy (non-hydrogen) atoms. The summed E-state index contributed by atoms with van der Waals surface area (Å²) >= 11 is 1.47. The molecule has 2 aliphatic rings. The van der Waals surface area contributed by atoms with Crippen LogP contribution in [0.15, 0.2) is 29.4 Å². The first-order chi connectivity index (χ1) is 12.8. The van der Waals surface area contributed by atoms with Crippen LogP contribution in [-0.2, 0) is 22.5 Å². The number of fused-ring (bicyclic) bond motifs is 1. The van der Waals surface area contributed by atoms with E-state index in [9.17, 15) is 4.79 Å². The number of hydrogen-bond donors (Lipinski definition) is 0. The predicted molar refractivity (Wildman–Crippen MR) is 102 cm³/mol. The maximum absolute atomic E-state index is 12.7. The topological polar surface area (TPSA) is 63.5 Å². The molecule has 0 bridgehead atoms. The Morgan fingerprint density at radius 3 is 2.81 bits per heavy atom. The summed E-state index contributed by atoms with van der Waals surface area (Å²) in [5.74, 6) is 1.37. The standard InChI is InChI=1S/C18H23N5O2S/c1-2-22-17(21-9-11-25-12-10-21)19-20-18(22)26-13-16(24)23-8-7-14-5-3-4-6-15(14)23/h3-6H,2,7-13H2,1H3. The summed E-state index contributed by atoms with van der Waals surface area (Å²) in [5.41, 5.74) is 2.29. The summed E-state index contributed by atoms with van der Waals surface area (Å²) in [5, 5.41) is 9.49. The lowest BCUT2D eigenvalue weighted by Gasteiger charge is -2.27. The van der Waals surface area contributed by atoms with Crippen molar-refractivity contribution in [1.29, 1.82) is 0 Å². The summed E-state index contributed by atoms with van der Waals surface area (Å²) in [6.07, 6.45) is 0.929. The summed E-state index contributed by atoms with van der Waals surface area (Å²) in [6, 6.07) is 8.13. The molecular formula is C18H23N5O2S. The molecule has 2 aromatic rings. The van der Waals surface area contributed by atoms with Crippen molar-refractivity contribution in [3.05, 3.63) is 29.8 Å². The van der Waals surface area contributed by atoms with Gasteiger partial charge in [-0.1, -0.05) is 30.0 Å². The van der Waals surface area contributed by atoms with Gasteiger partial charge in [-0.25, -0.2) is 0 Å². The van der Waals surface area contributed by atoms with Crippen molar-refractivity contribution in [3.8, 4) is 0 Å². The number of amides is 1. The highest BCUT2D eigenvalue weighted by molar-refractivity contribution is 7.99. The van der Waals surface area contributed by atoms with E-state index in [1.807, 2.05) is 23.1 Å². The Hall–Kier alpha value is -2.06. The quantitative estimate of drug-likeness (QED) is 0.745. The van der Waals surface area contributed by atoms with Crippen molar-refractivity contribution >= 4 is 29.3 Å². The fourth-order valence-corrected chi connectivity index (χ4v) is 4.34. The summed E-state index contributed by atoms with van der Waals surface area (Å²) in [7, 11) is 0. The molecule has 1 saturated heterocycles. The maximum atomic E-state index is 12.7. The highest BCUT2D eigenvalue weighted by Crippen LogP contribution is 2.29. The van der Waals surface area contributed by atoms with E-state index in [0.29, 0.717) is 19.0 Å². The normalized spacial score (nSPS) is 16.8. The lowest BCUT2D eigenvalue weighted by Crippen LogP contribution is -2.38. The highest BCUT2D eigenvalue weighted by atomic mass is 32.2. The van der Waals surface area contributed by atoms with Crippen molar-refractivity contribution in [2.75, 3.05) is 48.4 Å². The molecule has 0 aliphatic carbocycles. The van der Waals surface area contributed by atoms with Gasteiger partial charge in [-0.3, -0.25) is 9.36 Å². The Morgan fingerprint density at radius 1 is 1.19 bits per heavy atom. The number of carbonyl (C=O) groups is 1. The predicted octanol–water partition coefficient (Wildman–Crippen LogP) is 1.82.